The molecule has 1 atom stereocenters. The van der Waals surface area contributed by atoms with Crippen LogP contribution in [-0.2, 0) is 9.53 Å². The standard InChI is InChI=1S/C19H31N3O3/c23-17-5-6-19(15-22(17)14-16-4-3-13-25-16)7-11-21(12-8-19)18(24)20-9-1-2-10-20/h16H,1-15H2/t16-/m1/s1. The minimum Gasteiger partial charge on any atom is -0.376 e. The van der Waals surface area contributed by atoms with E-state index in [-0.39, 0.29) is 23.5 Å². The molecule has 0 unspecified atom stereocenters. The van der Waals surface area contributed by atoms with Crippen LogP contribution >= 0.6 is 0 Å². The van der Waals surface area contributed by atoms with Gasteiger partial charge in [-0.05, 0) is 50.4 Å². The molecule has 4 saturated heterocycles. The maximum absolute atomic E-state index is 12.6. The van der Waals surface area contributed by atoms with Gasteiger partial charge in [0.15, 0.2) is 0 Å². The first kappa shape index (κ1) is 17.1. The zero-order chi connectivity index (χ0) is 17.3. The number of hydrogen-bond acceptors (Lipinski definition) is 3. The molecule has 4 fully saturated rings. The van der Waals surface area contributed by atoms with Gasteiger partial charge in [0.1, 0.15) is 0 Å². The van der Waals surface area contributed by atoms with Gasteiger partial charge in [0.05, 0.1) is 6.10 Å². The van der Waals surface area contributed by atoms with Crippen molar-refractivity contribution in [2.75, 3.05) is 45.9 Å². The summed E-state index contributed by atoms with van der Waals surface area (Å²) >= 11 is 0. The van der Waals surface area contributed by atoms with Crippen LogP contribution in [0.4, 0.5) is 4.79 Å². The molecule has 0 bridgehead atoms. The van der Waals surface area contributed by atoms with Crippen molar-refractivity contribution in [1.29, 1.82) is 0 Å². The molecule has 0 radical (unpaired) electrons. The molecule has 0 aromatic carbocycles. The Bertz CT molecular complexity index is 504. The van der Waals surface area contributed by atoms with Crippen LogP contribution in [0.15, 0.2) is 0 Å². The molecule has 6 nitrogen and oxygen atoms in total. The number of likely N-dealkylation sites (tertiary alicyclic amines) is 3. The van der Waals surface area contributed by atoms with E-state index in [1.165, 1.54) is 0 Å². The Balaban J connectivity index is 1.33. The highest BCUT2D eigenvalue weighted by atomic mass is 16.5. The number of hydrogen-bond donors (Lipinski definition) is 0. The molecule has 4 aliphatic heterocycles. The summed E-state index contributed by atoms with van der Waals surface area (Å²) in [5, 5.41) is 0. The monoisotopic (exact) mass is 349 g/mol. The molecule has 4 rings (SSSR count). The van der Waals surface area contributed by atoms with Gasteiger partial charge in [-0.1, -0.05) is 0 Å². The summed E-state index contributed by atoms with van der Waals surface area (Å²) < 4.78 is 5.73. The van der Waals surface area contributed by atoms with Crippen molar-refractivity contribution < 1.29 is 14.3 Å². The van der Waals surface area contributed by atoms with Gasteiger partial charge >= 0.3 is 6.03 Å². The number of amides is 3. The molecule has 3 amide bonds. The van der Waals surface area contributed by atoms with Gasteiger partial charge in [0.2, 0.25) is 5.91 Å². The molecular formula is C19H31N3O3. The van der Waals surface area contributed by atoms with Crippen molar-refractivity contribution >= 4 is 11.9 Å². The molecule has 0 aromatic rings. The normalized spacial score (nSPS) is 29.7. The quantitative estimate of drug-likeness (QED) is 0.767. The predicted octanol–water partition coefficient (Wildman–Crippen LogP) is 2.09. The van der Waals surface area contributed by atoms with Crippen LogP contribution in [0.2, 0.25) is 0 Å². The number of nitrogens with zero attached hydrogens (tertiary/aromatic N) is 3. The van der Waals surface area contributed by atoms with E-state index < -0.39 is 0 Å². The number of rotatable bonds is 2. The van der Waals surface area contributed by atoms with Crippen molar-refractivity contribution in [3.63, 3.8) is 0 Å². The maximum Gasteiger partial charge on any atom is 0.319 e. The van der Waals surface area contributed by atoms with E-state index in [0.717, 1.165) is 90.8 Å². The lowest BCUT2D eigenvalue weighted by molar-refractivity contribution is -0.141. The molecule has 4 aliphatic rings. The van der Waals surface area contributed by atoms with Gasteiger partial charge in [0.25, 0.3) is 0 Å². The number of urea groups is 1. The minimum atomic E-state index is 0.217. The number of carbonyl (C=O) groups excluding carboxylic acids is 2. The summed E-state index contributed by atoms with van der Waals surface area (Å²) in [4.78, 5) is 31.0. The Kier molecular flexibility index (Phi) is 4.89. The van der Waals surface area contributed by atoms with Crippen LogP contribution in [0.25, 0.3) is 0 Å². The lowest BCUT2D eigenvalue weighted by Crippen LogP contribution is -2.54. The van der Waals surface area contributed by atoms with Crippen LogP contribution < -0.4 is 0 Å². The van der Waals surface area contributed by atoms with Crippen LogP contribution in [0, 0.1) is 5.41 Å². The molecule has 0 saturated carbocycles. The Hall–Kier alpha value is -1.30. The molecule has 140 valence electrons. The highest BCUT2D eigenvalue weighted by Crippen LogP contribution is 2.40. The summed E-state index contributed by atoms with van der Waals surface area (Å²) in [6.07, 6.45) is 8.42. The largest absolute Gasteiger partial charge is 0.376 e. The van der Waals surface area contributed by atoms with Gasteiger partial charge < -0.3 is 19.4 Å². The highest BCUT2D eigenvalue weighted by Gasteiger charge is 2.42. The van der Waals surface area contributed by atoms with Crippen molar-refractivity contribution in [2.24, 2.45) is 5.41 Å². The molecule has 4 heterocycles. The third-order valence-corrected chi connectivity index (χ3v) is 6.67. The smallest absolute Gasteiger partial charge is 0.319 e. The summed E-state index contributed by atoms with van der Waals surface area (Å²) in [6, 6.07) is 0.232. The van der Waals surface area contributed by atoms with Crippen LogP contribution in [0.5, 0.6) is 0 Å². The number of carbonyl (C=O) groups is 2. The molecule has 0 aliphatic carbocycles. The van der Waals surface area contributed by atoms with Gasteiger partial charge in [0, 0.05) is 52.3 Å². The van der Waals surface area contributed by atoms with Crippen LogP contribution in [-0.4, -0.2) is 78.6 Å². The molecule has 0 aromatic heterocycles. The van der Waals surface area contributed by atoms with E-state index in [1.54, 1.807) is 0 Å². The second-order valence-corrected chi connectivity index (χ2v) is 8.37. The zero-order valence-corrected chi connectivity index (χ0v) is 15.3. The second-order valence-electron chi connectivity index (χ2n) is 8.37. The molecule has 25 heavy (non-hydrogen) atoms. The summed E-state index contributed by atoms with van der Waals surface area (Å²) in [5.74, 6) is 0.289. The third kappa shape index (κ3) is 3.64. The summed E-state index contributed by atoms with van der Waals surface area (Å²) in [7, 11) is 0. The van der Waals surface area contributed by atoms with Gasteiger partial charge in [-0.25, -0.2) is 4.79 Å². The fraction of sp³-hybridized carbons (Fsp3) is 0.895. The molecule has 6 heteroatoms. The summed E-state index contributed by atoms with van der Waals surface area (Å²) in [6.45, 7) is 5.99. The number of ether oxygens (including phenoxy) is 1. The van der Waals surface area contributed by atoms with E-state index in [9.17, 15) is 9.59 Å². The van der Waals surface area contributed by atoms with Crippen molar-refractivity contribution in [1.82, 2.24) is 14.7 Å². The van der Waals surface area contributed by atoms with Crippen molar-refractivity contribution in [2.45, 2.75) is 57.5 Å². The van der Waals surface area contributed by atoms with Gasteiger partial charge in [-0.3, -0.25) is 4.79 Å². The van der Waals surface area contributed by atoms with E-state index in [0.29, 0.717) is 6.42 Å². The zero-order valence-electron chi connectivity index (χ0n) is 15.3. The highest BCUT2D eigenvalue weighted by molar-refractivity contribution is 5.77. The first-order valence-electron chi connectivity index (χ1n) is 10.1. The first-order valence-corrected chi connectivity index (χ1v) is 10.1. The van der Waals surface area contributed by atoms with E-state index >= 15 is 0 Å². The second kappa shape index (κ2) is 7.14. The molecule has 0 N–H and O–H groups in total. The summed E-state index contributed by atoms with van der Waals surface area (Å²) in [5.41, 5.74) is 0.217. The topological polar surface area (TPSA) is 53.1 Å². The fourth-order valence-electron chi connectivity index (χ4n) is 4.99. The van der Waals surface area contributed by atoms with Crippen LogP contribution in [0.1, 0.15) is 51.4 Å². The average Bonchev–Trinajstić information content (AvgIpc) is 3.32. The van der Waals surface area contributed by atoms with Crippen LogP contribution in [0.3, 0.4) is 0 Å². The Labute approximate surface area is 150 Å². The SMILES string of the molecule is O=C1CCC2(CCN(C(=O)N3CCCC3)CC2)CN1C[C@H]1CCCO1. The minimum absolute atomic E-state index is 0.217. The Morgan fingerprint density at radius 3 is 2.44 bits per heavy atom. The Morgan fingerprint density at radius 2 is 1.76 bits per heavy atom. The van der Waals surface area contributed by atoms with Crippen molar-refractivity contribution in [3.8, 4) is 0 Å². The average molecular weight is 349 g/mol. The Morgan fingerprint density at radius 1 is 1.04 bits per heavy atom. The molecular weight excluding hydrogens is 318 g/mol. The van der Waals surface area contributed by atoms with E-state index in [1.807, 2.05) is 9.80 Å². The fourth-order valence-corrected chi connectivity index (χ4v) is 4.99. The van der Waals surface area contributed by atoms with Crippen molar-refractivity contribution in [3.05, 3.63) is 0 Å². The van der Waals surface area contributed by atoms with Gasteiger partial charge in [-0.15, -0.1) is 0 Å². The lowest BCUT2D eigenvalue weighted by atomic mass is 9.72. The van der Waals surface area contributed by atoms with E-state index in [4.69, 9.17) is 4.74 Å². The third-order valence-electron chi connectivity index (χ3n) is 6.67. The van der Waals surface area contributed by atoms with Gasteiger partial charge in [-0.2, -0.15) is 0 Å². The van der Waals surface area contributed by atoms with E-state index in [2.05, 4.69) is 4.90 Å². The number of piperidine rings is 2. The first-order chi connectivity index (χ1) is 12.2. The maximum atomic E-state index is 12.6. The predicted molar refractivity (Wildman–Crippen MR) is 94.2 cm³/mol. The lowest BCUT2D eigenvalue weighted by Gasteiger charge is -2.48. The molecule has 1 spiro atoms.